The van der Waals surface area contributed by atoms with Crippen molar-refractivity contribution in [1.29, 1.82) is 0 Å². The highest BCUT2D eigenvalue weighted by molar-refractivity contribution is 7.91. The second-order valence-corrected chi connectivity index (χ2v) is 19.8. The molecule has 1 aromatic heterocycles. The quantitative estimate of drug-likeness (QED) is 0.0477. The molecule has 7 rings (SSSR count). The predicted molar refractivity (Wildman–Crippen MR) is 264 cm³/mol. The van der Waals surface area contributed by atoms with Crippen molar-refractivity contribution >= 4 is 49.4 Å². The van der Waals surface area contributed by atoms with Gasteiger partial charge in [-0.25, -0.2) is 18.2 Å². The van der Waals surface area contributed by atoms with E-state index in [1.807, 2.05) is 68.4 Å². The summed E-state index contributed by atoms with van der Waals surface area (Å²) >= 11 is 1.00. The largest absolute Gasteiger partial charge is 0.497 e. The lowest BCUT2D eigenvalue weighted by Crippen LogP contribution is -2.53. The molecule has 2 unspecified atom stereocenters. The Morgan fingerprint density at radius 2 is 1.44 bits per heavy atom. The molecule has 2 heterocycles. The molecule has 0 fully saturated rings. The molecule has 0 bridgehead atoms. The van der Waals surface area contributed by atoms with Crippen LogP contribution in [0.5, 0.6) is 23.0 Å². The van der Waals surface area contributed by atoms with Crippen LogP contribution in [0.2, 0.25) is 0 Å². The van der Waals surface area contributed by atoms with Gasteiger partial charge in [0.15, 0.2) is 6.10 Å². The van der Waals surface area contributed by atoms with E-state index in [0.29, 0.717) is 55.5 Å². The molecule has 1 amide bonds. The van der Waals surface area contributed by atoms with E-state index in [0.717, 1.165) is 11.3 Å². The van der Waals surface area contributed by atoms with Crippen molar-refractivity contribution in [1.82, 2.24) is 20.0 Å². The molecule has 6 aromatic rings. The topological polar surface area (TPSA) is 226 Å². The van der Waals surface area contributed by atoms with Crippen LogP contribution >= 0.6 is 11.3 Å². The molecule has 20 heteroatoms. The molecule has 1 aliphatic rings. The molecule has 18 nitrogen and oxygen atoms in total. The number of carbonyl (C=O) groups excluding carboxylic acids is 3. The minimum atomic E-state index is -4.32. The maximum absolute atomic E-state index is 14.7. The molecule has 0 saturated carbocycles. The standard InChI is InChI=1S/C51H56N6O12S2/c1-32(2)47(48(60)52-45(49(61)66-6)26-34-12-18-41(19-13-34)69-43(29-58)31-67-33(3)59)57-28-38(54-56-57)30-68-42-24-25-44-46(27-42)70-50(53-44)71(62,63)55-51(35-10-8-7-9-11-35,36-14-20-39(64-4)21-15-36)37-16-22-40(65-5)23-17-37/h7-25,27,32,38,43,45,47,55,58H,26,28-31H2,1-6H3,(H,52,60)/t38?,43?,45-,47-/m0/s1. The zero-order valence-electron chi connectivity index (χ0n) is 40.0. The second-order valence-electron chi connectivity index (χ2n) is 16.9. The van der Waals surface area contributed by atoms with Gasteiger partial charge in [0.1, 0.15) is 59.9 Å². The molecule has 4 atom stereocenters. The zero-order chi connectivity index (χ0) is 50.7. The smallest absolute Gasteiger partial charge is 0.328 e. The van der Waals surface area contributed by atoms with E-state index in [2.05, 4.69) is 25.4 Å². The molecule has 1 aliphatic heterocycles. The Morgan fingerprint density at radius 3 is 2.01 bits per heavy atom. The molecule has 0 saturated heterocycles. The molecule has 0 aliphatic carbocycles. The fourth-order valence-electron chi connectivity index (χ4n) is 8.10. The summed E-state index contributed by atoms with van der Waals surface area (Å²) in [4.78, 5) is 42.6. The third-order valence-corrected chi connectivity index (χ3v) is 14.5. The lowest BCUT2D eigenvalue weighted by Gasteiger charge is -2.36. The van der Waals surface area contributed by atoms with Gasteiger partial charge >= 0.3 is 11.9 Å². The Kier molecular flexibility index (Phi) is 16.9. The number of aliphatic hydroxyl groups excluding tert-OH is 1. The van der Waals surface area contributed by atoms with E-state index < -0.39 is 57.6 Å². The van der Waals surface area contributed by atoms with Gasteiger partial charge in [0.2, 0.25) is 10.2 Å². The average molecular weight is 1010 g/mol. The number of aliphatic hydroxyl groups is 1. The van der Waals surface area contributed by atoms with Gasteiger partial charge in [0.25, 0.3) is 10.0 Å². The summed E-state index contributed by atoms with van der Waals surface area (Å²) < 4.78 is 65.6. The van der Waals surface area contributed by atoms with Crippen LogP contribution in [0.4, 0.5) is 0 Å². The first-order valence-corrected chi connectivity index (χ1v) is 24.9. The van der Waals surface area contributed by atoms with Gasteiger partial charge in [-0.15, -0.1) is 11.3 Å². The Bertz CT molecular complexity index is 2850. The summed E-state index contributed by atoms with van der Waals surface area (Å²) in [6.07, 6.45) is -0.658. The summed E-state index contributed by atoms with van der Waals surface area (Å²) in [5.74, 6) is 0.259. The third kappa shape index (κ3) is 12.4. The highest BCUT2D eigenvalue weighted by Gasteiger charge is 2.42. The van der Waals surface area contributed by atoms with Crippen LogP contribution in [-0.4, -0.2) is 113 Å². The number of benzene rings is 5. The van der Waals surface area contributed by atoms with Gasteiger partial charge < -0.3 is 38.8 Å². The number of aromatic nitrogens is 1. The van der Waals surface area contributed by atoms with Gasteiger partial charge in [0.05, 0.1) is 44.7 Å². The van der Waals surface area contributed by atoms with Crippen LogP contribution in [0.15, 0.2) is 136 Å². The van der Waals surface area contributed by atoms with Crippen LogP contribution in [0.3, 0.4) is 0 Å². The maximum Gasteiger partial charge on any atom is 0.328 e. The minimum Gasteiger partial charge on any atom is -0.497 e. The normalized spacial score (nSPS) is 14.9. The summed E-state index contributed by atoms with van der Waals surface area (Å²) in [6.45, 7) is 4.84. The van der Waals surface area contributed by atoms with Gasteiger partial charge in [0, 0.05) is 13.3 Å². The Labute approximate surface area is 415 Å². The molecule has 71 heavy (non-hydrogen) atoms. The number of thiazole rings is 1. The van der Waals surface area contributed by atoms with E-state index in [-0.39, 0.29) is 43.0 Å². The van der Waals surface area contributed by atoms with Crippen LogP contribution in [0.1, 0.15) is 43.0 Å². The number of carbonyl (C=O) groups is 3. The van der Waals surface area contributed by atoms with E-state index in [1.54, 1.807) is 86.0 Å². The Morgan fingerprint density at radius 1 is 0.831 bits per heavy atom. The number of hydrogen-bond acceptors (Lipinski definition) is 17. The highest BCUT2D eigenvalue weighted by Crippen LogP contribution is 2.41. The number of nitrogens with one attached hydrogen (secondary N) is 2. The Hall–Kier alpha value is -7.13. The Balaban J connectivity index is 1.02. The second kappa shape index (κ2) is 23.2. The first-order chi connectivity index (χ1) is 34.2. The van der Waals surface area contributed by atoms with Gasteiger partial charge in [-0.1, -0.05) is 85.8 Å². The van der Waals surface area contributed by atoms with Crippen molar-refractivity contribution in [3.63, 3.8) is 0 Å². The van der Waals surface area contributed by atoms with Crippen LogP contribution in [-0.2, 0) is 45.8 Å². The summed E-state index contributed by atoms with van der Waals surface area (Å²) in [7, 11) is 0.0543. The van der Waals surface area contributed by atoms with Crippen molar-refractivity contribution in [3.8, 4) is 23.0 Å². The van der Waals surface area contributed by atoms with E-state index in [9.17, 15) is 27.9 Å². The molecule has 0 radical (unpaired) electrons. The van der Waals surface area contributed by atoms with Crippen LogP contribution in [0, 0.1) is 5.92 Å². The van der Waals surface area contributed by atoms with Crippen molar-refractivity contribution in [2.75, 3.05) is 47.7 Å². The van der Waals surface area contributed by atoms with Crippen LogP contribution < -0.4 is 29.0 Å². The molecule has 0 spiro atoms. The molecule has 3 N–H and O–H groups in total. The average Bonchev–Trinajstić information content (AvgIpc) is 4.04. The number of fused-ring (bicyclic) bond motifs is 1. The van der Waals surface area contributed by atoms with Gasteiger partial charge in [-0.05, 0) is 82.8 Å². The van der Waals surface area contributed by atoms with Crippen LogP contribution in [0.25, 0.3) is 10.2 Å². The number of sulfonamides is 1. The van der Waals surface area contributed by atoms with E-state index in [1.165, 1.54) is 14.0 Å². The highest BCUT2D eigenvalue weighted by atomic mass is 32.2. The lowest BCUT2D eigenvalue weighted by molar-refractivity contribution is -0.146. The molecule has 374 valence electrons. The molecular formula is C51H56N6O12S2. The molecular weight excluding hydrogens is 953 g/mol. The number of esters is 2. The number of ether oxygens (including phenoxy) is 6. The van der Waals surface area contributed by atoms with Gasteiger partial charge in [-0.3, -0.25) is 14.6 Å². The number of nitrogens with zero attached hydrogens (tertiary/aromatic N) is 4. The fourth-order valence-corrected chi connectivity index (χ4v) is 10.7. The minimum absolute atomic E-state index is 0.0973. The number of rotatable bonds is 23. The first kappa shape index (κ1) is 51.7. The lowest BCUT2D eigenvalue weighted by atomic mass is 9.78. The fraction of sp³-hybridized carbons (Fsp3) is 0.333. The zero-order valence-corrected chi connectivity index (χ0v) is 41.6. The van der Waals surface area contributed by atoms with Crippen molar-refractivity contribution in [2.24, 2.45) is 16.3 Å². The molecule has 5 aromatic carbocycles. The summed E-state index contributed by atoms with van der Waals surface area (Å²) in [5.41, 5.74) is 1.70. The maximum atomic E-state index is 14.7. The monoisotopic (exact) mass is 1010 g/mol. The van der Waals surface area contributed by atoms with E-state index in [4.69, 9.17) is 28.4 Å². The van der Waals surface area contributed by atoms with E-state index >= 15 is 0 Å². The van der Waals surface area contributed by atoms with Gasteiger partial charge in [-0.2, -0.15) is 9.84 Å². The number of hydrogen-bond donors (Lipinski definition) is 3. The van der Waals surface area contributed by atoms with Crippen molar-refractivity contribution in [3.05, 3.63) is 144 Å². The number of methoxy groups -OCH3 is 3. The summed E-state index contributed by atoms with van der Waals surface area (Å²) in [6, 6.07) is 33.3. The van der Waals surface area contributed by atoms with Crippen molar-refractivity contribution < 1.29 is 56.3 Å². The third-order valence-electron chi connectivity index (χ3n) is 11.6. The number of amides is 1. The first-order valence-electron chi connectivity index (χ1n) is 22.6. The van der Waals surface area contributed by atoms with Crippen molar-refractivity contribution in [2.45, 2.75) is 61.3 Å². The predicted octanol–water partition coefficient (Wildman–Crippen LogP) is 6.24. The SMILES string of the molecule is COC(=O)[C@H](Cc1ccc(OC(CO)COC(C)=O)cc1)NC(=O)[C@H](C(C)C)N1CC(COc2ccc3nc(S(=O)(=O)NC(c4ccccc4)(c4ccc(OC)cc4)c4ccc(OC)cc4)sc3c2)N=N1. The summed E-state index contributed by atoms with van der Waals surface area (Å²) in [5, 5.41) is 22.8.